The fourth-order valence-corrected chi connectivity index (χ4v) is 4.05. The van der Waals surface area contributed by atoms with Crippen LogP contribution in [0.5, 0.6) is 5.75 Å². The summed E-state index contributed by atoms with van der Waals surface area (Å²) in [7, 11) is 6.90. The molecule has 4 rings (SSSR count). The summed E-state index contributed by atoms with van der Waals surface area (Å²) in [5.41, 5.74) is 2.07. The standard InChI is InChI=1S/C25H26N2O6/c1-26(2)17-10-8-15(9-11-17)21-20(23(29)25(30)27(21)12-13-31-3)22(28)19-14-16-6-5-7-18(32-4)24(16)33-19/h5-11,14,21,29H,12-13H2,1-4H3. The monoisotopic (exact) mass is 450 g/mol. The van der Waals surface area contributed by atoms with Crippen molar-refractivity contribution in [3.05, 3.63) is 71.2 Å². The molecule has 1 aliphatic heterocycles. The number of anilines is 1. The fraction of sp³-hybridized carbons (Fsp3) is 0.280. The van der Waals surface area contributed by atoms with E-state index in [4.69, 9.17) is 13.9 Å². The highest BCUT2D eigenvalue weighted by atomic mass is 16.5. The Balaban J connectivity index is 1.79. The van der Waals surface area contributed by atoms with Crippen molar-refractivity contribution in [2.45, 2.75) is 6.04 Å². The summed E-state index contributed by atoms with van der Waals surface area (Å²) >= 11 is 0. The Morgan fingerprint density at radius 2 is 1.88 bits per heavy atom. The minimum absolute atomic E-state index is 0.0207. The molecule has 0 saturated carbocycles. The second-order valence-electron chi connectivity index (χ2n) is 7.96. The summed E-state index contributed by atoms with van der Waals surface area (Å²) in [5.74, 6) is -1.24. The second-order valence-corrected chi connectivity index (χ2v) is 7.96. The predicted molar refractivity (Wildman–Crippen MR) is 124 cm³/mol. The average Bonchev–Trinajstić information content (AvgIpc) is 3.36. The summed E-state index contributed by atoms with van der Waals surface area (Å²) in [6.07, 6.45) is 0. The largest absolute Gasteiger partial charge is 0.503 e. The maximum absolute atomic E-state index is 13.6. The number of nitrogens with zero attached hydrogens (tertiary/aromatic N) is 2. The van der Waals surface area contributed by atoms with Gasteiger partial charge >= 0.3 is 0 Å². The number of Topliss-reactive ketones (excluding diaryl/α,β-unsaturated/α-hetero) is 1. The summed E-state index contributed by atoms with van der Waals surface area (Å²) in [5, 5.41) is 11.4. The van der Waals surface area contributed by atoms with Crippen molar-refractivity contribution in [1.29, 1.82) is 0 Å². The van der Waals surface area contributed by atoms with Crippen LogP contribution < -0.4 is 9.64 Å². The van der Waals surface area contributed by atoms with Gasteiger partial charge in [-0.1, -0.05) is 24.3 Å². The molecule has 0 fully saturated rings. The number of hydrogen-bond acceptors (Lipinski definition) is 7. The molecule has 33 heavy (non-hydrogen) atoms. The number of hydrogen-bond donors (Lipinski definition) is 1. The number of aliphatic hydroxyl groups excluding tert-OH is 1. The highest BCUT2D eigenvalue weighted by Crippen LogP contribution is 2.40. The Hall–Kier alpha value is -3.78. The molecule has 1 N–H and O–H groups in total. The third-order valence-corrected chi connectivity index (χ3v) is 5.76. The molecule has 8 nitrogen and oxygen atoms in total. The number of fused-ring (bicyclic) bond motifs is 1. The van der Waals surface area contributed by atoms with Gasteiger partial charge in [-0.05, 0) is 29.8 Å². The van der Waals surface area contributed by atoms with Gasteiger partial charge in [-0.25, -0.2) is 0 Å². The van der Waals surface area contributed by atoms with E-state index in [2.05, 4.69) is 0 Å². The third kappa shape index (κ3) is 3.93. The van der Waals surface area contributed by atoms with Crippen LogP contribution in [0.2, 0.25) is 0 Å². The van der Waals surface area contributed by atoms with E-state index >= 15 is 0 Å². The number of ether oxygens (including phenoxy) is 2. The van der Waals surface area contributed by atoms with Gasteiger partial charge in [-0.2, -0.15) is 0 Å². The van der Waals surface area contributed by atoms with E-state index in [1.807, 2.05) is 43.3 Å². The maximum atomic E-state index is 13.6. The van der Waals surface area contributed by atoms with Crippen molar-refractivity contribution in [3.8, 4) is 5.75 Å². The molecule has 0 saturated heterocycles. The van der Waals surface area contributed by atoms with Crippen LogP contribution >= 0.6 is 0 Å². The van der Waals surface area contributed by atoms with E-state index in [0.29, 0.717) is 22.3 Å². The minimum Gasteiger partial charge on any atom is -0.503 e. The van der Waals surface area contributed by atoms with E-state index in [9.17, 15) is 14.7 Å². The van der Waals surface area contributed by atoms with Crippen molar-refractivity contribution in [2.24, 2.45) is 0 Å². The number of rotatable bonds is 8. The van der Waals surface area contributed by atoms with Gasteiger partial charge < -0.3 is 28.8 Å². The van der Waals surface area contributed by atoms with E-state index in [1.54, 1.807) is 24.3 Å². The highest BCUT2D eigenvalue weighted by Gasteiger charge is 2.44. The number of aliphatic hydroxyl groups is 1. The van der Waals surface area contributed by atoms with Crippen LogP contribution in [-0.2, 0) is 9.53 Å². The van der Waals surface area contributed by atoms with Gasteiger partial charge in [-0.15, -0.1) is 0 Å². The molecular weight excluding hydrogens is 424 g/mol. The van der Waals surface area contributed by atoms with Gasteiger partial charge in [-0.3, -0.25) is 9.59 Å². The lowest BCUT2D eigenvalue weighted by molar-refractivity contribution is -0.130. The Labute approximate surface area is 191 Å². The van der Waals surface area contributed by atoms with Crippen LogP contribution in [-0.4, -0.2) is 63.2 Å². The third-order valence-electron chi connectivity index (χ3n) is 5.76. The van der Waals surface area contributed by atoms with Crippen LogP contribution in [0.1, 0.15) is 22.2 Å². The number of carbonyl (C=O) groups excluding carboxylic acids is 2. The quantitative estimate of drug-likeness (QED) is 0.523. The topological polar surface area (TPSA) is 92.5 Å². The molecule has 1 amide bonds. The first-order chi connectivity index (χ1) is 15.9. The molecule has 0 spiro atoms. The molecule has 1 aromatic heterocycles. The molecule has 2 aromatic carbocycles. The molecule has 1 atom stereocenters. The summed E-state index contributed by atoms with van der Waals surface area (Å²) in [6.45, 7) is 0.471. The average molecular weight is 450 g/mol. The minimum atomic E-state index is -0.772. The maximum Gasteiger partial charge on any atom is 0.290 e. The van der Waals surface area contributed by atoms with E-state index in [1.165, 1.54) is 19.1 Å². The molecule has 0 bridgehead atoms. The van der Waals surface area contributed by atoms with E-state index < -0.39 is 23.5 Å². The van der Waals surface area contributed by atoms with Gasteiger partial charge in [0.1, 0.15) is 0 Å². The zero-order valence-corrected chi connectivity index (χ0v) is 19.0. The Morgan fingerprint density at radius 3 is 2.52 bits per heavy atom. The van der Waals surface area contributed by atoms with Crippen LogP contribution in [0, 0.1) is 0 Å². The first-order valence-electron chi connectivity index (χ1n) is 10.5. The van der Waals surface area contributed by atoms with E-state index in [0.717, 1.165) is 5.69 Å². The van der Waals surface area contributed by atoms with Gasteiger partial charge in [0.25, 0.3) is 5.91 Å². The van der Waals surface area contributed by atoms with Crippen molar-refractivity contribution >= 4 is 28.3 Å². The number of ketones is 1. The molecule has 2 heterocycles. The van der Waals surface area contributed by atoms with Gasteiger partial charge in [0.2, 0.25) is 5.78 Å². The van der Waals surface area contributed by atoms with Gasteiger partial charge in [0, 0.05) is 38.8 Å². The van der Waals surface area contributed by atoms with Crippen LogP contribution in [0.25, 0.3) is 11.0 Å². The highest BCUT2D eigenvalue weighted by molar-refractivity contribution is 6.16. The fourth-order valence-electron chi connectivity index (χ4n) is 4.05. The van der Waals surface area contributed by atoms with Crippen molar-refractivity contribution in [1.82, 2.24) is 4.90 Å². The van der Waals surface area contributed by atoms with Gasteiger partial charge in [0.05, 0.1) is 25.3 Å². The molecule has 8 heteroatoms. The molecule has 172 valence electrons. The number of para-hydroxylation sites is 1. The zero-order chi connectivity index (χ0) is 23.7. The second kappa shape index (κ2) is 8.99. The Morgan fingerprint density at radius 1 is 1.15 bits per heavy atom. The summed E-state index contributed by atoms with van der Waals surface area (Å²) < 4.78 is 16.3. The number of carbonyl (C=O) groups is 2. The summed E-state index contributed by atoms with van der Waals surface area (Å²) in [6, 6.07) is 13.6. The molecule has 0 radical (unpaired) electrons. The smallest absolute Gasteiger partial charge is 0.290 e. The molecule has 0 aliphatic carbocycles. The molecular formula is C25H26N2O6. The van der Waals surface area contributed by atoms with Gasteiger partial charge in [0.15, 0.2) is 22.9 Å². The number of amides is 1. The number of furan rings is 1. The summed E-state index contributed by atoms with van der Waals surface area (Å²) in [4.78, 5) is 29.9. The Kier molecular flexibility index (Phi) is 6.11. The van der Waals surface area contributed by atoms with E-state index in [-0.39, 0.29) is 24.5 Å². The lowest BCUT2D eigenvalue weighted by atomic mass is 9.94. The lowest BCUT2D eigenvalue weighted by Gasteiger charge is -2.26. The molecule has 3 aromatic rings. The van der Waals surface area contributed by atoms with Crippen molar-refractivity contribution < 1.29 is 28.6 Å². The van der Waals surface area contributed by atoms with Crippen LogP contribution in [0.3, 0.4) is 0 Å². The zero-order valence-electron chi connectivity index (χ0n) is 19.0. The first kappa shape index (κ1) is 22.4. The SMILES string of the molecule is COCCN1C(=O)C(O)=C(C(=O)c2cc3cccc(OC)c3o2)C1c1ccc(N(C)C)cc1. The number of methoxy groups -OCH3 is 2. The van der Waals surface area contributed by atoms with Crippen molar-refractivity contribution in [2.75, 3.05) is 46.4 Å². The number of benzene rings is 2. The molecule has 1 aliphatic rings. The van der Waals surface area contributed by atoms with Crippen molar-refractivity contribution in [3.63, 3.8) is 0 Å². The molecule has 1 unspecified atom stereocenters. The Bertz CT molecular complexity index is 1230. The normalized spacial score (nSPS) is 16.1. The van der Waals surface area contributed by atoms with Crippen LogP contribution in [0.15, 0.2) is 64.3 Å². The van der Waals surface area contributed by atoms with Crippen LogP contribution in [0.4, 0.5) is 5.69 Å². The predicted octanol–water partition coefficient (Wildman–Crippen LogP) is 3.73. The first-order valence-corrected chi connectivity index (χ1v) is 10.5. The lowest BCUT2D eigenvalue weighted by Crippen LogP contribution is -2.34.